The Balaban J connectivity index is 1.62. The first-order valence-corrected chi connectivity index (χ1v) is 8.23. The number of nitrogens with zero attached hydrogens (tertiary/aromatic N) is 1. The zero-order valence-corrected chi connectivity index (χ0v) is 13.5. The van der Waals surface area contributed by atoms with Gasteiger partial charge in [-0.3, -0.25) is 0 Å². The number of aliphatic hydroxyl groups is 1. The fraction of sp³-hybridized carbons (Fsp3) is 0.400. The largest absolute Gasteiger partial charge is 0.389 e. The van der Waals surface area contributed by atoms with Crippen LogP contribution < -0.4 is 4.90 Å². The first kappa shape index (κ1) is 15.1. The molecule has 0 spiro atoms. The zero-order chi connectivity index (χ0) is 15.5. The molecule has 22 heavy (non-hydrogen) atoms. The first-order valence-electron chi connectivity index (χ1n) is 8.23. The van der Waals surface area contributed by atoms with Crippen LogP contribution in [0.15, 0.2) is 48.5 Å². The molecule has 3 rings (SSSR count). The minimum absolute atomic E-state index is 0.388. The van der Waals surface area contributed by atoms with Gasteiger partial charge in [0.2, 0.25) is 0 Å². The standard InChI is InChI=1S/C20H25NO/c1-15-3-5-18(6-4-15)19-11-13-21(14-12-19)20-9-7-17(8-10-20)16(2)22/h3-10,16,19,22H,11-14H2,1-2H3. The summed E-state index contributed by atoms with van der Waals surface area (Å²) < 4.78 is 0. The number of benzene rings is 2. The highest BCUT2D eigenvalue weighted by atomic mass is 16.3. The number of hydrogen-bond acceptors (Lipinski definition) is 2. The van der Waals surface area contributed by atoms with Crippen molar-refractivity contribution in [1.82, 2.24) is 0 Å². The molecule has 0 amide bonds. The third-order valence-corrected chi connectivity index (χ3v) is 4.78. The molecule has 2 nitrogen and oxygen atoms in total. The Labute approximate surface area is 133 Å². The number of piperidine rings is 1. The van der Waals surface area contributed by atoms with E-state index in [1.165, 1.54) is 29.7 Å². The molecule has 2 aromatic carbocycles. The van der Waals surface area contributed by atoms with Crippen molar-refractivity contribution in [3.05, 3.63) is 65.2 Å². The van der Waals surface area contributed by atoms with E-state index in [1.807, 2.05) is 19.1 Å². The van der Waals surface area contributed by atoms with Crippen molar-refractivity contribution in [2.24, 2.45) is 0 Å². The van der Waals surface area contributed by atoms with Crippen LogP contribution in [-0.4, -0.2) is 18.2 Å². The van der Waals surface area contributed by atoms with E-state index in [2.05, 4.69) is 48.2 Å². The van der Waals surface area contributed by atoms with Crippen LogP contribution in [0.25, 0.3) is 0 Å². The predicted octanol–water partition coefficient (Wildman–Crippen LogP) is 4.43. The smallest absolute Gasteiger partial charge is 0.0761 e. The van der Waals surface area contributed by atoms with E-state index in [4.69, 9.17) is 0 Å². The van der Waals surface area contributed by atoms with E-state index >= 15 is 0 Å². The minimum atomic E-state index is -0.388. The molecule has 1 saturated heterocycles. The minimum Gasteiger partial charge on any atom is -0.389 e. The summed E-state index contributed by atoms with van der Waals surface area (Å²) in [6, 6.07) is 17.3. The Morgan fingerprint density at radius 2 is 1.55 bits per heavy atom. The summed E-state index contributed by atoms with van der Waals surface area (Å²) in [5, 5.41) is 9.59. The molecule has 1 aliphatic heterocycles. The Morgan fingerprint density at radius 3 is 2.09 bits per heavy atom. The van der Waals surface area contributed by atoms with Gasteiger partial charge in [-0.25, -0.2) is 0 Å². The molecule has 0 bridgehead atoms. The van der Waals surface area contributed by atoms with Crippen molar-refractivity contribution in [2.75, 3.05) is 18.0 Å². The van der Waals surface area contributed by atoms with Gasteiger partial charge in [-0.2, -0.15) is 0 Å². The van der Waals surface area contributed by atoms with Gasteiger partial charge < -0.3 is 10.0 Å². The average Bonchev–Trinajstić information content (AvgIpc) is 2.56. The van der Waals surface area contributed by atoms with E-state index < -0.39 is 0 Å². The summed E-state index contributed by atoms with van der Waals surface area (Å²) in [6.07, 6.45) is 2.03. The normalized spacial score (nSPS) is 17.5. The van der Waals surface area contributed by atoms with Gasteiger partial charge in [-0.05, 0) is 55.9 Å². The Hall–Kier alpha value is -1.80. The van der Waals surface area contributed by atoms with Crippen molar-refractivity contribution in [1.29, 1.82) is 0 Å². The van der Waals surface area contributed by atoms with E-state index in [-0.39, 0.29) is 6.10 Å². The van der Waals surface area contributed by atoms with Gasteiger partial charge in [0.1, 0.15) is 0 Å². The highest BCUT2D eigenvalue weighted by molar-refractivity contribution is 5.48. The van der Waals surface area contributed by atoms with Gasteiger partial charge in [-0.15, -0.1) is 0 Å². The second-order valence-electron chi connectivity index (χ2n) is 6.44. The predicted molar refractivity (Wildman–Crippen MR) is 92.4 cm³/mol. The van der Waals surface area contributed by atoms with Crippen LogP contribution in [0.5, 0.6) is 0 Å². The van der Waals surface area contributed by atoms with Gasteiger partial charge >= 0.3 is 0 Å². The van der Waals surface area contributed by atoms with Gasteiger partial charge in [0.15, 0.2) is 0 Å². The molecule has 2 heteroatoms. The topological polar surface area (TPSA) is 23.5 Å². The Morgan fingerprint density at radius 1 is 0.955 bits per heavy atom. The fourth-order valence-electron chi connectivity index (χ4n) is 3.27. The van der Waals surface area contributed by atoms with Crippen LogP contribution in [0.4, 0.5) is 5.69 Å². The molecule has 116 valence electrons. The second kappa shape index (κ2) is 6.53. The first-order chi connectivity index (χ1) is 10.6. The molecule has 0 radical (unpaired) electrons. The highest BCUT2D eigenvalue weighted by Gasteiger charge is 2.20. The number of aliphatic hydroxyl groups excluding tert-OH is 1. The van der Waals surface area contributed by atoms with E-state index in [9.17, 15) is 5.11 Å². The molecule has 2 aromatic rings. The molecule has 1 unspecified atom stereocenters. The average molecular weight is 295 g/mol. The maximum absolute atomic E-state index is 9.59. The van der Waals surface area contributed by atoms with Crippen LogP contribution in [0.1, 0.15) is 48.5 Å². The lowest BCUT2D eigenvalue weighted by atomic mass is 9.89. The van der Waals surface area contributed by atoms with Crippen molar-refractivity contribution in [3.8, 4) is 0 Å². The molecule has 0 aliphatic carbocycles. The number of hydrogen-bond donors (Lipinski definition) is 1. The van der Waals surface area contributed by atoms with Crippen molar-refractivity contribution in [2.45, 2.75) is 38.7 Å². The molecular formula is C20H25NO. The Kier molecular flexibility index (Phi) is 4.49. The van der Waals surface area contributed by atoms with Crippen LogP contribution in [0.2, 0.25) is 0 Å². The molecule has 1 heterocycles. The number of aryl methyl sites for hydroxylation is 1. The fourth-order valence-corrected chi connectivity index (χ4v) is 3.27. The monoisotopic (exact) mass is 295 g/mol. The van der Waals surface area contributed by atoms with Crippen LogP contribution in [0.3, 0.4) is 0 Å². The zero-order valence-electron chi connectivity index (χ0n) is 13.5. The number of anilines is 1. The van der Waals surface area contributed by atoms with Gasteiger partial charge in [-0.1, -0.05) is 42.0 Å². The maximum Gasteiger partial charge on any atom is 0.0761 e. The van der Waals surface area contributed by atoms with Crippen molar-refractivity contribution >= 4 is 5.69 Å². The van der Waals surface area contributed by atoms with Crippen molar-refractivity contribution < 1.29 is 5.11 Å². The quantitative estimate of drug-likeness (QED) is 0.905. The van der Waals surface area contributed by atoms with Crippen molar-refractivity contribution in [3.63, 3.8) is 0 Å². The SMILES string of the molecule is Cc1ccc(C2CCN(c3ccc(C(C)O)cc3)CC2)cc1. The lowest BCUT2D eigenvalue weighted by Crippen LogP contribution is -2.32. The highest BCUT2D eigenvalue weighted by Crippen LogP contribution is 2.31. The van der Waals surface area contributed by atoms with E-state index in [1.54, 1.807) is 0 Å². The third kappa shape index (κ3) is 3.33. The van der Waals surface area contributed by atoms with E-state index in [0.29, 0.717) is 5.92 Å². The summed E-state index contributed by atoms with van der Waals surface area (Å²) in [6.45, 7) is 6.16. The van der Waals surface area contributed by atoms with Crippen LogP contribution >= 0.6 is 0 Å². The molecular weight excluding hydrogens is 270 g/mol. The Bertz CT molecular complexity index is 593. The molecule has 1 fully saturated rings. The van der Waals surface area contributed by atoms with Gasteiger partial charge in [0.25, 0.3) is 0 Å². The molecule has 1 atom stereocenters. The molecule has 1 N–H and O–H groups in total. The summed E-state index contributed by atoms with van der Waals surface area (Å²) >= 11 is 0. The summed E-state index contributed by atoms with van der Waals surface area (Å²) in [5.74, 6) is 0.689. The van der Waals surface area contributed by atoms with Crippen LogP contribution in [-0.2, 0) is 0 Å². The molecule has 1 aliphatic rings. The maximum atomic E-state index is 9.59. The summed E-state index contributed by atoms with van der Waals surface area (Å²) in [4.78, 5) is 2.45. The second-order valence-corrected chi connectivity index (χ2v) is 6.44. The summed E-state index contributed by atoms with van der Waals surface area (Å²) in [7, 11) is 0. The van der Waals surface area contributed by atoms with Gasteiger partial charge in [0, 0.05) is 18.8 Å². The van der Waals surface area contributed by atoms with E-state index in [0.717, 1.165) is 18.7 Å². The molecule has 0 saturated carbocycles. The summed E-state index contributed by atoms with van der Waals surface area (Å²) in [5.41, 5.74) is 5.07. The lowest BCUT2D eigenvalue weighted by molar-refractivity contribution is 0.199. The van der Waals surface area contributed by atoms with Gasteiger partial charge in [0.05, 0.1) is 6.10 Å². The lowest BCUT2D eigenvalue weighted by Gasteiger charge is -2.34. The number of rotatable bonds is 3. The molecule has 0 aromatic heterocycles. The van der Waals surface area contributed by atoms with Crippen LogP contribution in [0, 0.1) is 6.92 Å². The third-order valence-electron chi connectivity index (χ3n) is 4.78.